The Morgan fingerprint density at radius 1 is 1.28 bits per heavy atom. The summed E-state index contributed by atoms with van der Waals surface area (Å²) in [4.78, 5) is 19.9. The summed E-state index contributed by atoms with van der Waals surface area (Å²) in [5.74, 6) is 1.42. The van der Waals surface area contributed by atoms with Gasteiger partial charge < -0.3 is 9.88 Å². The second kappa shape index (κ2) is 3.41. The summed E-state index contributed by atoms with van der Waals surface area (Å²) in [5.41, 5.74) is -0.323. The Bertz CT molecular complexity index is 722. The van der Waals surface area contributed by atoms with Crippen molar-refractivity contribution >= 4 is 28.7 Å². The minimum absolute atomic E-state index is 0.0703. The fraction of sp³-hybridized carbons (Fsp3) is 0.308. The van der Waals surface area contributed by atoms with Crippen molar-refractivity contribution in [2.45, 2.75) is 26.3 Å². The number of nitrogens with zero attached hydrogens (tertiary/aromatic N) is 3. The molecule has 92 valence electrons. The number of aromatic nitrogens is 2. The molecule has 0 spiro atoms. The maximum atomic E-state index is 11.5. The van der Waals surface area contributed by atoms with Crippen LogP contribution >= 0.6 is 0 Å². The zero-order valence-electron chi connectivity index (χ0n) is 10.6. The summed E-state index contributed by atoms with van der Waals surface area (Å²) >= 11 is 0. The molecule has 0 saturated heterocycles. The first-order valence-corrected chi connectivity index (χ1v) is 5.83. The van der Waals surface area contributed by atoms with Gasteiger partial charge in [-0.15, -0.1) is 0 Å². The van der Waals surface area contributed by atoms with Gasteiger partial charge in [0.15, 0.2) is 0 Å². The van der Waals surface area contributed by atoms with E-state index >= 15 is 0 Å². The Kier molecular flexibility index (Phi) is 2.08. The van der Waals surface area contributed by atoms with Crippen molar-refractivity contribution in [1.82, 2.24) is 9.55 Å². The number of hydrogen-bond acceptors (Lipinski definition) is 4. The van der Waals surface area contributed by atoms with E-state index in [4.69, 9.17) is 0 Å². The van der Waals surface area contributed by atoms with Crippen LogP contribution in [0.15, 0.2) is 28.1 Å². The minimum Gasteiger partial charge on any atom is -0.330 e. The SMILES string of the molecule is CC(C)(C)n1cc2ccc(=O)nc3c2c1N=CN3. The van der Waals surface area contributed by atoms with Crippen molar-refractivity contribution in [2.24, 2.45) is 4.99 Å². The lowest BCUT2D eigenvalue weighted by molar-refractivity contribution is 0.403. The van der Waals surface area contributed by atoms with Crippen LogP contribution in [-0.2, 0) is 5.54 Å². The summed E-state index contributed by atoms with van der Waals surface area (Å²) in [5, 5.41) is 4.80. The standard InChI is InChI=1S/C13H14N4O/c1-13(2,3)17-6-8-4-5-9(18)16-11-10(8)12(17)15-7-14-11/h4-7H,1-3H3,(H,14,15,16,18). The lowest BCUT2D eigenvalue weighted by Crippen LogP contribution is -2.20. The molecule has 3 rings (SSSR count). The molecule has 5 heteroatoms. The Morgan fingerprint density at radius 2 is 2.06 bits per heavy atom. The normalized spacial score (nSPS) is 13.7. The summed E-state index contributed by atoms with van der Waals surface area (Å²) < 4.78 is 2.10. The van der Waals surface area contributed by atoms with E-state index < -0.39 is 0 Å². The second-order valence-electron chi connectivity index (χ2n) is 5.36. The first kappa shape index (κ1) is 11.0. The number of nitrogens with one attached hydrogen (secondary N) is 1. The van der Waals surface area contributed by atoms with E-state index in [9.17, 15) is 4.79 Å². The molecule has 0 fully saturated rings. The van der Waals surface area contributed by atoms with E-state index in [0.717, 1.165) is 16.6 Å². The highest BCUT2D eigenvalue weighted by atomic mass is 16.1. The summed E-state index contributed by atoms with van der Waals surface area (Å²) in [6.07, 6.45) is 3.59. The molecule has 0 aliphatic carbocycles. The Hall–Kier alpha value is -2.17. The smallest absolute Gasteiger partial charge is 0.271 e. The molecular formula is C13H14N4O. The molecule has 3 heterocycles. The van der Waals surface area contributed by atoms with Gasteiger partial charge in [0.05, 0.1) is 11.7 Å². The molecule has 1 aliphatic rings. The largest absolute Gasteiger partial charge is 0.330 e. The molecule has 0 saturated carbocycles. The van der Waals surface area contributed by atoms with Crippen LogP contribution in [0.1, 0.15) is 20.8 Å². The predicted octanol–water partition coefficient (Wildman–Crippen LogP) is 2.24. The number of rotatable bonds is 0. The molecule has 5 nitrogen and oxygen atoms in total. The van der Waals surface area contributed by atoms with E-state index in [2.05, 4.69) is 40.6 Å². The van der Waals surface area contributed by atoms with Crippen LogP contribution in [0.4, 0.5) is 11.6 Å². The fourth-order valence-corrected chi connectivity index (χ4v) is 2.14. The van der Waals surface area contributed by atoms with Crippen molar-refractivity contribution in [1.29, 1.82) is 0 Å². The quantitative estimate of drug-likeness (QED) is 0.770. The first-order chi connectivity index (χ1) is 8.47. The second-order valence-corrected chi connectivity index (χ2v) is 5.36. The molecule has 18 heavy (non-hydrogen) atoms. The van der Waals surface area contributed by atoms with Crippen LogP contribution in [0.25, 0.3) is 10.8 Å². The Balaban J connectivity index is 2.49. The highest BCUT2D eigenvalue weighted by Gasteiger charge is 2.22. The van der Waals surface area contributed by atoms with E-state index in [0.29, 0.717) is 5.82 Å². The minimum atomic E-state index is -0.253. The average molecular weight is 242 g/mol. The van der Waals surface area contributed by atoms with Gasteiger partial charge >= 0.3 is 0 Å². The highest BCUT2D eigenvalue weighted by molar-refractivity contribution is 6.06. The van der Waals surface area contributed by atoms with Gasteiger partial charge in [0, 0.05) is 23.2 Å². The van der Waals surface area contributed by atoms with Crippen molar-refractivity contribution < 1.29 is 0 Å². The van der Waals surface area contributed by atoms with Crippen LogP contribution in [0.5, 0.6) is 0 Å². The first-order valence-electron chi connectivity index (χ1n) is 5.83. The van der Waals surface area contributed by atoms with Crippen molar-refractivity contribution in [3.63, 3.8) is 0 Å². The lowest BCUT2D eigenvalue weighted by atomic mass is 10.1. The zero-order chi connectivity index (χ0) is 12.9. The third-order valence-corrected chi connectivity index (χ3v) is 2.98. The molecule has 0 unspecified atom stereocenters. The average Bonchev–Trinajstić information content (AvgIpc) is 2.57. The highest BCUT2D eigenvalue weighted by Crippen LogP contribution is 2.37. The molecule has 2 aromatic heterocycles. The van der Waals surface area contributed by atoms with Crippen molar-refractivity contribution in [2.75, 3.05) is 5.32 Å². The van der Waals surface area contributed by atoms with E-state index in [-0.39, 0.29) is 11.1 Å². The topological polar surface area (TPSA) is 59.3 Å². The van der Waals surface area contributed by atoms with Crippen molar-refractivity contribution in [3.8, 4) is 0 Å². The van der Waals surface area contributed by atoms with E-state index in [1.54, 1.807) is 12.4 Å². The molecule has 1 N–H and O–H groups in total. The molecule has 0 bridgehead atoms. The van der Waals surface area contributed by atoms with Gasteiger partial charge in [0.1, 0.15) is 11.6 Å². The van der Waals surface area contributed by atoms with Gasteiger partial charge in [-0.1, -0.05) is 0 Å². The molecule has 1 aliphatic heterocycles. The van der Waals surface area contributed by atoms with Crippen LogP contribution in [0, 0.1) is 0 Å². The number of hydrogen-bond donors (Lipinski definition) is 1. The lowest BCUT2D eigenvalue weighted by Gasteiger charge is -2.23. The Morgan fingerprint density at radius 3 is 2.78 bits per heavy atom. The van der Waals surface area contributed by atoms with Gasteiger partial charge in [-0.25, -0.2) is 4.99 Å². The Labute approximate surface area is 104 Å². The van der Waals surface area contributed by atoms with Crippen LogP contribution < -0.4 is 10.9 Å². The van der Waals surface area contributed by atoms with Gasteiger partial charge in [0.25, 0.3) is 5.56 Å². The van der Waals surface area contributed by atoms with Gasteiger partial charge in [0.2, 0.25) is 0 Å². The molecule has 0 aromatic carbocycles. The molecular weight excluding hydrogens is 228 g/mol. The monoisotopic (exact) mass is 242 g/mol. The summed E-state index contributed by atoms with van der Waals surface area (Å²) in [7, 11) is 0. The predicted molar refractivity (Wildman–Crippen MR) is 72.8 cm³/mol. The fourth-order valence-electron chi connectivity index (χ4n) is 2.14. The zero-order valence-corrected chi connectivity index (χ0v) is 10.6. The van der Waals surface area contributed by atoms with Crippen LogP contribution in [0.2, 0.25) is 0 Å². The third kappa shape index (κ3) is 1.51. The number of aliphatic imine (C=N–C) groups is 1. The molecule has 0 amide bonds. The van der Waals surface area contributed by atoms with E-state index in [1.165, 1.54) is 6.07 Å². The summed E-state index contributed by atoms with van der Waals surface area (Å²) in [6.45, 7) is 6.35. The maximum Gasteiger partial charge on any atom is 0.271 e. The van der Waals surface area contributed by atoms with Gasteiger partial charge in [-0.05, 0) is 26.8 Å². The maximum absolute atomic E-state index is 11.5. The molecule has 0 atom stereocenters. The summed E-state index contributed by atoms with van der Waals surface area (Å²) in [6, 6.07) is 3.28. The molecule has 2 aromatic rings. The number of anilines is 1. The molecule has 0 radical (unpaired) electrons. The van der Waals surface area contributed by atoms with Gasteiger partial charge in [-0.2, -0.15) is 4.98 Å². The van der Waals surface area contributed by atoms with Crippen LogP contribution in [-0.4, -0.2) is 15.9 Å². The van der Waals surface area contributed by atoms with Crippen LogP contribution in [0.3, 0.4) is 0 Å². The van der Waals surface area contributed by atoms with E-state index in [1.807, 2.05) is 6.20 Å². The third-order valence-electron chi connectivity index (χ3n) is 2.98. The van der Waals surface area contributed by atoms with Crippen molar-refractivity contribution in [3.05, 3.63) is 28.7 Å². The van der Waals surface area contributed by atoms with Gasteiger partial charge in [-0.3, -0.25) is 4.79 Å².